The van der Waals surface area contributed by atoms with Crippen molar-refractivity contribution in [3.05, 3.63) is 23.9 Å². The van der Waals surface area contributed by atoms with Gasteiger partial charge < -0.3 is 15.1 Å². The molecular weight excluding hydrogens is 216 g/mol. The summed E-state index contributed by atoms with van der Waals surface area (Å²) < 4.78 is 0. The van der Waals surface area contributed by atoms with Gasteiger partial charge in [0, 0.05) is 39.4 Å². The van der Waals surface area contributed by atoms with Crippen molar-refractivity contribution in [2.24, 2.45) is 0 Å². The molecule has 1 N–H and O–H groups in total. The zero-order chi connectivity index (χ0) is 12.3. The summed E-state index contributed by atoms with van der Waals surface area (Å²) in [6.07, 6.45) is 1.82. The van der Waals surface area contributed by atoms with Crippen LogP contribution in [0.15, 0.2) is 18.3 Å². The number of nitrogens with zero attached hydrogens (tertiary/aromatic N) is 3. The Balaban J connectivity index is 1.97. The van der Waals surface area contributed by atoms with Gasteiger partial charge in [0.25, 0.3) is 0 Å². The Hall–Kier alpha value is -1.78. The van der Waals surface area contributed by atoms with Crippen LogP contribution in [-0.2, 0) is 6.54 Å². The molecule has 5 heteroatoms. The van der Waals surface area contributed by atoms with E-state index in [2.05, 4.69) is 10.3 Å². The molecule has 1 aliphatic rings. The van der Waals surface area contributed by atoms with E-state index in [-0.39, 0.29) is 6.03 Å². The molecule has 0 unspecified atom stereocenters. The Bertz CT molecular complexity index is 390. The molecule has 2 heterocycles. The second kappa shape index (κ2) is 5.03. The van der Waals surface area contributed by atoms with Crippen LogP contribution in [0.2, 0.25) is 0 Å². The van der Waals surface area contributed by atoms with Crippen molar-refractivity contribution in [3.63, 3.8) is 0 Å². The summed E-state index contributed by atoms with van der Waals surface area (Å²) in [5.41, 5.74) is 1.07. The van der Waals surface area contributed by atoms with E-state index in [1.54, 1.807) is 4.90 Å². The summed E-state index contributed by atoms with van der Waals surface area (Å²) >= 11 is 0. The van der Waals surface area contributed by atoms with Crippen LogP contribution in [0.1, 0.15) is 12.5 Å². The van der Waals surface area contributed by atoms with Gasteiger partial charge in [0.2, 0.25) is 0 Å². The Morgan fingerprint density at radius 3 is 2.76 bits per heavy atom. The molecule has 1 aliphatic heterocycles. The number of rotatable bonds is 4. The quantitative estimate of drug-likeness (QED) is 0.856. The van der Waals surface area contributed by atoms with Crippen LogP contribution < -0.4 is 5.32 Å². The van der Waals surface area contributed by atoms with Gasteiger partial charge in [-0.2, -0.15) is 0 Å². The van der Waals surface area contributed by atoms with Crippen LogP contribution in [-0.4, -0.2) is 47.5 Å². The number of hydrogen-bond acceptors (Lipinski definition) is 3. The number of pyridine rings is 1. The van der Waals surface area contributed by atoms with Crippen molar-refractivity contribution in [3.8, 4) is 0 Å². The summed E-state index contributed by atoms with van der Waals surface area (Å²) in [6, 6.07) is 4.06. The maximum absolute atomic E-state index is 11.7. The van der Waals surface area contributed by atoms with E-state index < -0.39 is 0 Å². The van der Waals surface area contributed by atoms with Crippen LogP contribution >= 0.6 is 0 Å². The van der Waals surface area contributed by atoms with E-state index in [0.717, 1.165) is 31.0 Å². The summed E-state index contributed by atoms with van der Waals surface area (Å²) in [7, 11) is 1.83. The van der Waals surface area contributed by atoms with E-state index in [0.29, 0.717) is 6.54 Å². The average molecular weight is 234 g/mol. The number of hydrogen-bond donors (Lipinski definition) is 1. The lowest BCUT2D eigenvalue weighted by Gasteiger charge is -2.15. The summed E-state index contributed by atoms with van der Waals surface area (Å²) in [5, 5.41) is 3.14. The molecule has 1 fully saturated rings. The van der Waals surface area contributed by atoms with Gasteiger partial charge in [0.15, 0.2) is 0 Å². The number of carbonyl (C=O) groups excluding carboxylic acids is 1. The maximum atomic E-state index is 11.7. The lowest BCUT2D eigenvalue weighted by atomic mass is 10.2. The van der Waals surface area contributed by atoms with Gasteiger partial charge >= 0.3 is 6.03 Å². The fourth-order valence-corrected chi connectivity index (χ4v) is 1.87. The highest BCUT2D eigenvalue weighted by molar-refractivity contribution is 5.76. The first-order valence-electron chi connectivity index (χ1n) is 5.89. The molecule has 0 bridgehead atoms. The third kappa shape index (κ3) is 2.67. The molecule has 0 spiro atoms. The van der Waals surface area contributed by atoms with Gasteiger partial charge in [-0.1, -0.05) is 6.07 Å². The highest BCUT2D eigenvalue weighted by Crippen LogP contribution is 2.12. The van der Waals surface area contributed by atoms with Crippen LogP contribution in [0.25, 0.3) is 0 Å². The maximum Gasteiger partial charge on any atom is 0.320 e. The molecule has 0 aromatic carbocycles. The molecule has 0 atom stereocenters. The van der Waals surface area contributed by atoms with Crippen LogP contribution in [0.3, 0.4) is 0 Å². The normalized spacial score (nSPS) is 15.5. The minimum Gasteiger partial charge on any atom is -0.370 e. The number of amides is 2. The highest BCUT2D eigenvalue weighted by Gasteiger charge is 2.24. The van der Waals surface area contributed by atoms with Crippen molar-refractivity contribution in [2.45, 2.75) is 13.5 Å². The summed E-state index contributed by atoms with van der Waals surface area (Å²) in [5.74, 6) is 0.876. The molecule has 1 aromatic rings. The van der Waals surface area contributed by atoms with Gasteiger partial charge in [-0.15, -0.1) is 0 Å². The zero-order valence-electron chi connectivity index (χ0n) is 10.3. The first kappa shape index (κ1) is 11.7. The highest BCUT2D eigenvalue weighted by atomic mass is 16.2. The van der Waals surface area contributed by atoms with E-state index in [4.69, 9.17) is 0 Å². The Morgan fingerprint density at radius 1 is 1.41 bits per heavy atom. The summed E-state index contributed by atoms with van der Waals surface area (Å²) in [4.78, 5) is 19.6. The fourth-order valence-electron chi connectivity index (χ4n) is 1.87. The Morgan fingerprint density at radius 2 is 2.24 bits per heavy atom. The molecule has 17 heavy (non-hydrogen) atoms. The standard InChI is InChI=1S/C12H18N4O/c1-3-13-11-5-4-10(8-14-11)9-16-7-6-15(2)12(16)17/h4-5,8H,3,6-7,9H2,1-2H3,(H,13,14). The molecule has 92 valence electrons. The molecule has 0 aliphatic carbocycles. The number of urea groups is 1. The number of aromatic nitrogens is 1. The lowest BCUT2D eigenvalue weighted by Crippen LogP contribution is -2.28. The predicted molar refractivity (Wildman–Crippen MR) is 66.8 cm³/mol. The van der Waals surface area contributed by atoms with Crippen LogP contribution in [0.4, 0.5) is 10.6 Å². The summed E-state index contributed by atoms with van der Waals surface area (Å²) in [6.45, 7) is 5.14. The average Bonchev–Trinajstić information content (AvgIpc) is 2.64. The molecule has 0 saturated carbocycles. The Kier molecular flexibility index (Phi) is 3.46. The van der Waals surface area contributed by atoms with Gasteiger partial charge in [-0.3, -0.25) is 0 Å². The van der Waals surface area contributed by atoms with Crippen molar-refractivity contribution in [1.29, 1.82) is 0 Å². The van der Waals surface area contributed by atoms with Gasteiger partial charge in [-0.25, -0.2) is 9.78 Å². The molecular formula is C12H18N4O. The van der Waals surface area contributed by atoms with E-state index >= 15 is 0 Å². The molecule has 1 aromatic heterocycles. The topological polar surface area (TPSA) is 48.5 Å². The van der Waals surface area contributed by atoms with Crippen LogP contribution in [0.5, 0.6) is 0 Å². The molecule has 2 amide bonds. The minimum absolute atomic E-state index is 0.0979. The van der Waals surface area contributed by atoms with E-state index in [1.807, 2.05) is 37.2 Å². The monoisotopic (exact) mass is 234 g/mol. The Labute approximate surface area is 101 Å². The third-order valence-electron chi connectivity index (χ3n) is 2.86. The van der Waals surface area contributed by atoms with Crippen molar-refractivity contribution < 1.29 is 4.79 Å². The van der Waals surface area contributed by atoms with E-state index in [1.165, 1.54) is 0 Å². The van der Waals surface area contributed by atoms with Crippen molar-refractivity contribution in [2.75, 3.05) is 32.0 Å². The van der Waals surface area contributed by atoms with E-state index in [9.17, 15) is 4.79 Å². The van der Waals surface area contributed by atoms with Crippen molar-refractivity contribution in [1.82, 2.24) is 14.8 Å². The largest absolute Gasteiger partial charge is 0.370 e. The molecule has 5 nitrogen and oxygen atoms in total. The first-order chi connectivity index (χ1) is 8.20. The number of likely N-dealkylation sites (N-methyl/N-ethyl adjacent to an activating group) is 1. The minimum atomic E-state index is 0.0979. The smallest absolute Gasteiger partial charge is 0.320 e. The molecule has 0 radical (unpaired) electrons. The third-order valence-corrected chi connectivity index (χ3v) is 2.86. The fraction of sp³-hybridized carbons (Fsp3) is 0.500. The lowest BCUT2D eigenvalue weighted by molar-refractivity contribution is 0.197. The van der Waals surface area contributed by atoms with Crippen LogP contribution in [0, 0.1) is 0 Å². The van der Waals surface area contributed by atoms with Gasteiger partial charge in [0.05, 0.1) is 0 Å². The van der Waals surface area contributed by atoms with Gasteiger partial charge in [-0.05, 0) is 18.6 Å². The predicted octanol–water partition coefficient (Wildman–Crippen LogP) is 1.38. The SMILES string of the molecule is CCNc1ccc(CN2CCN(C)C2=O)cn1. The molecule has 1 saturated heterocycles. The second-order valence-electron chi connectivity index (χ2n) is 4.21. The number of nitrogens with one attached hydrogen (secondary N) is 1. The van der Waals surface area contributed by atoms with Gasteiger partial charge in [0.1, 0.15) is 5.82 Å². The zero-order valence-corrected chi connectivity index (χ0v) is 10.3. The number of anilines is 1. The van der Waals surface area contributed by atoms with Crippen molar-refractivity contribution >= 4 is 11.8 Å². The molecule has 2 rings (SSSR count). The second-order valence-corrected chi connectivity index (χ2v) is 4.21. The first-order valence-corrected chi connectivity index (χ1v) is 5.89. The number of carbonyl (C=O) groups is 1.